The van der Waals surface area contributed by atoms with Crippen LogP contribution < -0.4 is 25.8 Å². The predicted molar refractivity (Wildman–Crippen MR) is 98.2 cm³/mol. The highest BCUT2D eigenvalue weighted by molar-refractivity contribution is 5.95. The quantitative estimate of drug-likeness (QED) is 0.583. The summed E-state index contributed by atoms with van der Waals surface area (Å²) in [7, 11) is 0. The third-order valence-electron chi connectivity index (χ3n) is 4.73. The number of rotatable bonds is 2. The van der Waals surface area contributed by atoms with Crippen LogP contribution in [0.2, 0.25) is 0 Å². The van der Waals surface area contributed by atoms with Crippen molar-refractivity contribution in [3.8, 4) is 11.5 Å². The molecule has 1 atom stereocenters. The summed E-state index contributed by atoms with van der Waals surface area (Å²) in [6.07, 6.45) is -9.39. The van der Waals surface area contributed by atoms with Gasteiger partial charge in [-0.15, -0.1) is 0 Å². The van der Waals surface area contributed by atoms with Gasteiger partial charge < -0.3 is 20.1 Å². The number of anilines is 1. The van der Waals surface area contributed by atoms with E-state index in [4.69, 9.17) is 15.2 Å². The minimum Gasteiger partial charge on any atom is -0.454 e. The molecule has 6 nitrogen and oxygen atoms in total. The van der Waals surface area contributed by atoms with Crippen molar-refractivity contribution in [2.45, 2.75) is 18.0 Å². The lowest BCUT2D eigenvalue weighted by atomic mass is 9.91. The van der Waals surface area contributed by atoms with E-state index in [2.05, 4.69) is 15.6 Å². The van der Waals surface area contributed by atoms with E-state index in [9.17, 15) is 30.7 Å². The van der Waals surface area contributed by atoms with E-state index in [1.807, 2.05) is 0 Å². The van der Waals surface area contributed by atoms with E-state index in [1.54, 1.807) is 0 Å². The molecule has 32 heavy (non-hydrogen) atoms. The first-order chi connectivity index (χ1) is 14.9. The number of aliphatic imine (C=N–C) groups is 1. The molecule has 1 unspecified atom stereocenters. The van der Waals surface area contributed by atoms with Gasteiger partial charge in [0.05, 0.1) is 16.8 Å². The average Bonchev–Trinajstić information content (AvgIpc) is 3.15. The van der Waals surface area contributed by atoms with Crippen LogP contribution >= 0.6 is 0 Å². The second-order valence-electron chi connectivity index (χ2n) is 6.78. The Bertz CT molecular complexity index is 1130. The molecule has 170 valence electrons. The summed E-state index contributed by atoms with van der Waals surface area (Å²) in [4.78, 5) is 3.83. The molecule has 2 aliphatic heterocycles. The molecule has 0 saturated heterocycles. The zero-order chi connectivity index (χ0) is 23.3. The zero-order valence-electron chi connectivity index (χ0n) is 15.7. The third-order valence-corrected chi connectivity index (χ3v) is 4.73. The fraction of sp³-hybridized carbons (Fsp3) is 0.211. The van der Waals surface area contributed by atoms with Crippen molar-refractivity contribution in [3.63, 3.8) is 0 Å². The van der Waals surface area contributed by atoms with Crippen LogP contribution in [0, 0.1) is 5.82 Å². The van der Waals surface area contributed by atoms with Gasteiger partial charge in [0.1, 0.15) is 0 Å². The first-order valence-electron chi connectivity index (χ1n) is 8.85. The molecule has 2 heterocycles. The highest BCUT2D eigenvalue weighted by Crippen LogP contribution is 2.44. The predicted octanol–water partition coefficient (Wildman–Crippen LogP) is 4.20. The number of nitrogens with two attached hydrogens (primary N) is 1. The van der Waals surface area contributed by atoms with E-state index in [1.165, 1.54) is 18.2 Å². The summed E-state index contributed by atoms with van der Waals surface area (Å²) in [6.45, 7) is -0.134. The Labute approximate surface area is 175 Å². The number of nitrogens with one attached hydrogen (secondary N) is 2. The maximum atomic E-state index is 14.3. The van der Waals surface area contributed by atoms with Crippen LogP contribution in [0.5, 0.6) is 11.5 Å². The lowest BCUT2D eigenvalue weighted by molar-refractivity contribution is -0.139. The standard InChI is InChI=1S/C19H13F7N4O2/c20-15-10(18(21,22)23)2-1-3-11(15)29-16-28-7-14(19(24,25)26)17(27,30-16)9-4-5-12-13(6-9)32-8-31-12/h1-7H,8,27H2,(H2,28,29,30). The summed E-state index contributed by atoms with van der Waals surface area (Å²) in [5.41, 5.74) is -0.118. The number of benzene rings is 2. The molecule has 0 amide bonds. The van der Waals surface area contributed by atoms with Gasteiger partial charge in [0.2, 0.25) is 12.8 Å². The van der Waals surface area contributed by atoms with Crippen LogP contribution in [0.1, 0.15) is 11.1 Å². The highest BCUT2D eigenvalue weighted by Gasteiger charge is 2.50. The molecule has 0 saturated carbocycles. The van der Waals surface area contributed by atoms with E-state index >= 15 is 0 Å². The van der Waals surface area contributed by atoms with Crippen molar-refractivity contribution in [2.24, 2.45) is 10.7 Å². The van der Waals surface area contributed by atoms with Gasteiger partial charge in [-0.25, -0.2) is 9.38 Å². The van der Waals surface area contributed by atoms with Crippen LogP contribution in [0.4, 0.5) is 36.4 Å². The molecule has 4 rings (SSSR count). The van der Waals surface area contributed by atoms with Crippen LogP contribution in [0.15, 0.2) is 53.2 Å². The van der Waals surface area contributed by atoms with E-state index in [0.717, 1.165) is 12.1 Å². The smallest absolute Gasteiger partial charge is 0.419 e. The van der Waals surface area contributed by atoms with Gasteiger partial charge in [-0.3, -0.25) is 5.73 Å². The van der Waals surface area contributed by atoms with E-state index < -0.39 is 46.6 Å². The Morgan fingerprint density at radius 2 is 1.72 bits per heavy atom. The van der Waals surface area contributed by atoms with Crippen molar-refractivity contribution in [1.82, 2.24) is 5.32 Å². The summed E-state index contributed by atoms with van der Waals surface area (Å²) in [5.74, 6) is -1.73. The second-order valence-corrected chi connectivity index (χ2v) is 6.78. The van der Waals surface area contributed by atoms with Crippen molar-refractivity contribution >= 4 is 11.6 Å². The normalized spacial score (nSPS) is 20.4. The Morgan fingerprint density at radius 1 is 1.00 bits per heavy atom. The fourth-order valence-corrected chi connectivity index (χ4v) is 3.21. The number of hydrogen-bond donors (Lipinski definition) is 3. The average molecular weight is 462 g/mol. The molecule has 0 aromatic heterocycles. The van der Waals surface area contributed by atoms with Crippen molar-refractivity contribution in [3.05, 3.63) is 65.1 Å². The SMILES string of the molecule is NC1(c2ccc3c(c2)OCO3)N=C(Nc2cccc(C(F)(F)F)c2F)NC=C1C(F)(F)F. The number of nitrogens with zero attached hydrogens (tertiary/aromatic N) is 1. The van der Waals surface area contributed by atoms with Gasteiger partial charge >= 0.3 is 12.4 Å². The van der Waals surface area contributed by atoms with Gasteiger partial charge in [-0.1, -0.05) is 12.1 Å². The fourth-order valence-electron chi connectivity index (χ4n) is 3.21. The van der Waals surface area contributed by atoms with E-state index in [-0.39, 0.29) is 23.9 Å². The molecule has 2 aromatic carbocycles. The minimum atomic E-state index is -4.98. The molecule has 0 aliphatic carbocycles. The van der Waals surface area contributed by atoms with Crippen molar-refractivity contribution in [2.75, 3.05) is 12.1 Å². The maximum absolute atomic E-state index is 14.3. The summed E-state index contributed by atoms with van der Waals surface area (Å²) < 4.78 is 105. The summed E-state index contributed by atoms with van der Waals surface area (Å²) >= 11 is 0. The lowest BCUT2D eigenvalue weighted by Crippen LogP contribution is -2.49. The van der Waals surface area contributed by atoms with Gasteiger partial charge in [-0.2, -0.15) is 26.3 Å². The number of guanidine groups is 1. The molecule has 2 aromatic rings. The lowest BCUT2D eigenvalue weighted by Gasteiger charge is -2.34. The Morgan fingerprint density at radius 3 is 2.41 bits per heavy atom. The first-order valence-corrected chi connectivity index (χ1v) is 8.85. The number of hydrogen-bond acceptors (Lipinski definition) is 6. The summed E-state index contributed by atoms with van der Waals surface area (Å²) in [6, 6.07) is 6.22. The number of ether oxygens (including phenoxy) is 2. The molecule has 0 bridgehead atoms. The molecule has 13 heteroatoms. The molecule has 2 aliphatic rings. The Balaban J connectivity index is 1.75. The van der Waals surface area contributed by atoms with Gasteiger partial charge in [0, 0.05) is 11.8 Å². The monoisotopic (exact) mass is 462 g/mol. The zero-order valence-corrected chi connectivity index (χ0v) is 15.7. The molecule has 4 N–H and O–H groups in total. The molecule has 0 spiro atoms. The Hall–Kier alpha value is -3.48. The van der Waals surface area contributed by atoms with Gasteiger partial charge in [0.25, 0.3) is 0 Å². The topological polar surface area (TPSA) is 80.9 Å². The Kier molecular flexibility index (Phi) is 4.95. The third kappa shape index (κ3) is 3.79. The minimum absolute atomic E-state index is 0.134. The van der Waals surface area contributed by atoms with Crippen LogP contribution in [0.25, 0.3) is 0 Å². The number of halogens is 7. The molecular weight excluding hydrogens is 449 g/mol. The van der Waals surface area contributed by atoms with Gasteiger partial charge in [-0.05, 0) is 24.3 Å². The maximum Gasteiger partial charge on any atom is 0.419 e. The van der Waals surface area contributed by atoms with E-state index in [0.29, 0.717) is 12.3 Å². The molecular formula is C19H13F7N4O2. The number of fused-ring (bicyclic) bond motifs is 1. The number of alkyl halides is 6. The largest absolute Gasteiger partial charge is 0.454 e. The highest BCUT2D eigenvalue weighted by atomic mass is 19.4. The first kappa shape index (κ1) is 21.7. The molecule has 0 radical (unpaired) electrons. The summed E-state index contributed by atoms with van der Waals surface area (Å²) in [5, 5.41) is 4.39. The van der Waals surface area contributed by atoms with Crippen molar-refractivity contribution < 1.29 is 40.2 Å². The second kappa shape index (κ2) is 7.29. The van der Waals surface area contributed by atoms with Crippen LogP contribution in [0.3, 0.4) is 0 Å². The van der Waals surface area contributed by atoms with Gasteiger partial charge in [0.15, 0.2) is 23.0 Å². The molecule has 0 fully saturated rings. The van der Waals surface area contributed by atoms with Crippen LogP contribution in [-0.4, -0.2) is 18.9 Å². The van der Waals surface area contributed by atoms with Crippen LogP contribution in [-0.2, 0) is 11.8 Å². The van der Waals surface area contributed by atoms with Crippen molar-refractivity contribution in [1.29, 1.82) is 0 Å².